The van der Waals surface area contributed by atoms with E-state index in [4.69, 9.17) is 0 Å². The lowest BCUT2D eigenvalue weighted by Gasteiger charge is -2.34. The van der Waals surface area contributed by atoms with Crippen molar-refractivity contribution < 1.29 is 5.11 Å². The van der Waals surface area contributed by atoms with E-state index >= 15 is 0 Å². The van der Waals surface area contributed by atoms with Crippen LogP contribution in [0.5, 0.6) is 0 Å². The topological polar surface area (TPSA) is 38.7 Å². The molecule has 1 heterocycles. The fourth-order valence-corrected chi connectivity index (χ4v) is 3.08. The van der Waals surface area contributed by atoms with Crippen LogP contribution in [0.25, 0.3) is 0 Å². The summed E-state index contributed by atoms with van der Waals surface area (Å²) >= 11 is 0. The highest BCUT2D eigenvalue weighted by molar-refractivity contribution is 4.91. The third-order valence-electron chi connectivity index (χ3n) is 4.16. The zero-order valence-corrected chi connectivity index (χ0v) is 13.0. The molecule has 0 radical (unpaired) electrons. The molecule has 1 saturated heterocycles. The van der Waals surface area contributed by atoms with E-state index in [1.807, 2.05) is 0 Å². The van der Waals surface area contributed by atoms with Crippen molar-refractivity contribution in [2.24, 2.45) is 5.41 Å². The first kappa shape index (κ1) is 15.2. The van der Waals surface area contributed by atoms with Gasteiger partial charge >= 0.3 is 0 Å². The minimum Gasteiger partial charge on any atom is -0.392 e. The lowest BCUT2D eigenvalue weighted by Crippen LogP contribution is -2.45. The number of nitrogens with one attached hydrogen (secondary N) is 1. The van der Waals surface area contributed by atoms with E-state index in [2.05, 4.69) is 43.1 Å². The van der Waals surface area contributed by atoms with Gasteiger partial charge in [0.1, 0.15) is 0 Å². The molecule has 2 N–H and O–H groups in total. The van der Waals surface area contributed by atoms with Crippen LogP contribution in [0.2, 0.25) is 0 Å². The number of rotatable bonds is 7. The summed E-state index contributed by atoms with van der Waals surface area (Å²) in [5, 5.41) is 13.6. The summed E-state index contributed by atoms with van der Waals surface area (Å²) in [6.07, 6.45) is 3.48. The van der Waals surface area contributed by atoms with Gasteiger partial charge in [-0.1, -0.05) is 13.8 Å². The lowest BCUT2D eigenvalue weighted by molar-refractivity contribution is 0.130. The molecule has 2 unspecified atom stereocenters. The van der Waals surface area contributed by atoms with Gasteiger partial charge in [0, 0.05) is 38.3 Å². The molecule has 2 fully saturated rings. The number of hydrogen-bond acceptors (Lipinski definition) is 4. The summed E-state index contributed by atoms with van der Waals surface area (Å²) < 4.78 is 0. The van der Waals surface area contributed by atoms with Gasteiger partial charge in [-0.15, -0.1) is 0 Å². The number of hydrogen-bond donors (Lipinski definition) is 2. The molecule has 0 amide bonds. The van der Waals surface area contributed by atoms with Gasteiger partial charge in [-0.2, -0.15) is 0 Å². The SMILES string of the molecule is CN(C)CC1CC(O)CN1CC(C)(C)CNC1CC1. The third kappa shape index (κ3) is 5.03. The first-order valence-electron chi connectivity index (χ1n) is 7.66. The summed E-state index contributed by atoms with van der Waals surface area (Å²) in [5.74, 6) is 0. The molecule has 0 aromatic heterocycles. The number of likely N-dealkylation sites (N-methyl/N-ethyl adjacent to an activating group) is 1. The maximum absolute atomic E-state index is 9.93. The largest absolute Gasteiger partial charge is 0.392 e. The zero-order chi connectivity index (χ0) is 14.0. The van der Waals surface area contributed by atoms with Crippen LogP contribution in [0.3, 0.4) is 0 Å². The molecule has 0 aromatic rings. The Bertz CT molecular complexity index is 289. The van der Waals surface area contributed by atoms with E-state index in [1.165, 1.54) is 12.8 Å². The Morgan fingerprint density at radius 3 is 2.58 bits per heavy atom. The lowest BCUT2D eigenvalue weighted by atomic mass is 9.92. The molecule has 1 aliphatic carbocycles. The first-order valence-corrected chi connectivity index (χ1v) is 7.66. The van der Waals surface area contributed by atoms with Crippen LogP contribution in [0, 0.1) is 5.41 Å². The van der Waals surface area contributed by atoms with Crippen LogP contribution in [0.1, 0.15) is 33.1 Å². The molecule has 0 aromatic carbocycles. The fourth-order valence-electron chi connectivity index (χ4n) is 3.08. The molecule has 0 spiro atoms. The average Bonchev–Trinajstić information content (AvgIpc) is 3.02. The van der Waals surface area contributed by atoms with Crippen molar-refractivity contribution in [3.8, 4) is 0 Å². The first-order chi connectivity index (χ1) is 8.85. The van der Waals surface area contributed by atoms with E-state index in [1.54, 1.807) is 0 Å². The Kier molecular flexibility index (Phi) is 4.88. The van der Waals surface area contributed by atoms with Crippen LogP contribution in [-0.2, 0) is 0 Å². The van der Waals surface area contributed by atoms with Gasteiger partial charge in [-0.05, 0) is 38.8 Å². The summed E-state index contributed by atoms with van der Waals surface area (Å²) in [6, 6.07) is 1.28. The number of β-amino-alcohol motifs (C(OH)–C–C–N with tert-alkyl or cyclic N) is 1. The molecule has 4 nitrogen and oxygen atoms in total. The number of nitrogens with zero attached hydrogens (tertiary/aromatic N) is 2. The van der Waals surface area contributed by atoms with Crippen LogP contribution in [0.15, 0.2) is 0 Å². The van der Waals surface area contributed by atoms with Crippen molar-refractivity contribution in [2.45, 2.75) is 51.3 Å². The maximum atomic E-state index is 9.93. The van der Waals surface area contributed by atoms with Gasteiger partial charge < -0.3 is 15.3 Å². The van der Waals surface area contributed by atoms with Crippen molar-refractivity contribution in [3.63, 3.8) is 0 Å². The van der Waals surface area contributed by atoms with Gasteiger partial charge in [0.15, 0.2) is 0 Å². The van der Waals surface area contributed by atoms with E-state index in [9.17, 15) is 5.11 Å². The van der Waals surface area contributed by atoms with Gasteiger partial charge in [0.2, 0.25) is 0 Å². The maximum Gasteiger partial charge on any atom is 0.0682 e. The summed E-state index contributed by atoms with van der Waals surface area (Å²) in [7, 11) is 4.23. The third-order valence-corrected chi connectivity index (χ3v) is 4.16. The summed E-state index contributed by atoms with van der Waals surface area (Å²) in [5.41, 5.74) is 0.275. The minimum atomic E-state index is -0.142. The van der Waals surface area contributed by atoms with Gasteiger partial charge in [0.25, 0.3) is 0 Å². The quantitative estimate of drug-likeness (QED) is 0.716. The second kappa shape index (κ2) is 6.08. The van der Waals surface area contributed by atoms with Crippen molar-refractivity contribution in [1.29, 1.82) is 0 Å². The smallest absolute Gasteiger partial charge is 0.0682 e. The van der Waals surface area contributed by atoms with Crippen molar-refractivity contribution in [1.82, 2.24) is 15.1 Å². The normalized spacial score (nSPS) is 29.4. The Morgan fingerprint density at radius 2 is 2.00 bits per heavy atom. The van der Waals surface area contributed by atoms with Crippen LogP contribution in [-0.4, -0.2) is 73.4 Å². The Hall–Kier alpha value is -0.160. The van der Waals surface area contributed by atoms with Crippen molar-refractivity contribution in [2.75, 3.05) is 40.3 Å². The highest BCUT2D eigenvalue weighted by atomic mass is 16.3. The van der Waals surface area contributed by atoms with Gasteiger partial charge in [-0.3, -0.25) is 4.90 Å². The average molecular weight is 269 g/mol. The molecule has 2 rings (SSSR count). The molecule has 0 bridgehead atoms. The molecule has 2 atom stereocenters. The standard InChI is InChI=1S/C15H31N3O/c1-15(2,10-16-12-5-6-12)11-18-9-14(19)7-13(18)8-17(3)4/h12-14,16,19H,5-11H2,1-4H3. The van der Waals surface area contributed by atoms with Crippen LogP contribution >= 0.6 is 0 Å². The van der Waals surface area contributed by atoms with Crippen LogP contribution in [0.4, 0.5) is 0 Å². The highest BCUT2D eigenvalue weighted by Gasteiger charge is 2.35. The number of aliphatic hydroxyl groups is 1. The minimum absolute atomic E-state index is 0.142. The molecular weight excluding hydrogens is 238 g/mol. The van der Waals surface area contributed by atoms with Gasteiger partial charge in [0.05, 0.1) is 6.10 Å². The number of aliphatic hydroxyl groups excluding tert-OH is 1. The second-order valence-electron chi connectivity index (χ2n) is 7.55. The van der Waals surface area contributed by atoms with Crippen molar-refractivity contribution in [3.05, 3.63) is 0 Å². The van der Waals surface area contributed by atoms with E-state index in [-0.39, 0.29) is 11.5 Å². The predicted octanol–water partition coefficient (Wildman–Crippen LogP) is 0.761. The Labute approximate surface area is 118 Å². The van der Waals surface area contributed by atoms with E-state index < -0.39 is 0 Å². The molecule has 19 heavy (non-hydrogen) atoms. The number of likely N-dealkylation sites (tertiary alicyclic amines) is 1. The van der Waals surface area contributed by atoms with Gasteiger partial charge in [-0.25, -0.2) is 0 Å². The van der Waals surface area contributed by atoms with Crippen LogP contribution < -0.4 is 5.32 Å². The molecule has 4 heteroatoms. The molecule has 112 valence electrons. The fraction of sp³-hybridized carbons (Fsp3) is 1.00. The molecular formula is C15H31N3O. The zero-order valence-electron chi connectivity index (χ0n) is 13.0. The molecule has 2 aliphatic rings. The van der Waals surface area contributed by atoms with Crippen molar-refractivity contribution >= 4 is 0 Å². The Balaban J connectivity index is 1.83. The molecule has 1 aliphatic heterocycles. The highest BCUT2D eigenvalue weighted by Crippen LogP contribution is 2.26. The van der Waals surface area contributed by atoms with E-state index in [0.717, 1.165) is 38.6 Å². The Morgan fingerprint density at radius 1 is 1.32 bits per heavy atom. The predicted molar refractivity (Wildman–Crippen MR) is 79.3 cm³/mol. The second-order valence-corrected chi connectivity index (χ2v) is 7.55. The van der Waals surface area contributed by atoms with E-state index in [0.29, 0.717) is 6.04 Å². The summed E-state index contributed by atoms with van der Waals surface area (Å²) in [4.78, 5) is 4.71. The molecule has 1 saturated carbocycles. The summed E-state index contributed by atoms with van der Waals surface area (Å²) in [6.45, 7) is 8.70. The monoisotopic (exact) mass is 269 g/mol.